The van der Waals surface area contributed by atoms with Crippen molar-refractivity contribution in [3.63, 3.8) is 0 Å². The molecule has 3 rings (SSSR count). The number of amides is 1. The van der Waals surface area contributed by atoms with Gasteiger partial charge >= 0.3 is 0 Å². The van der Waals surface area contributed by atoms with Gasteiger partial charge in [0.2, 0.25) is 15.9 Å². The molecule has 0 radical (unpaired) electrons. The highest BCUT2D eigenvalue weighted by Gasteiger charge is 2.31. The number of carbonyl (C=O) groups is 1. The van der Waals surface area contributed by atoms with Crippen molar-refractivity contribution in [2.45, 2.75) is 18.9 Å². The zero-order chi connectivity index (χ0) is 16.3. The third kappa shape index (κ3) is 3.70. The number of nitrogens with zero attached hydrogens (tertiary/aromatic N) is 3. The van der Waals surface area contributed by atoms with Crippen LogP contribution in [0.1, 0.15) is 24.4 Å². The number of piperazine rings is 1. The number of pyridine rings is 1. The summed E-state index contributed by atoms with van der Waals surface area (Å²) in [5.41, 5.74) is 1.00. The molecule has 1 N–H and O–H groups in total. The predicted octanol–water partition coefficient (Wildman–Crippen LogP) is -0.0199. The van der Waals surface area contributed by atoms with E-state index in [2.05, 4.69) is 10.3 Å². The Morgan fingerprint density at radius 3 is 2.96 bits per heavy atom. The van der Waals surface area contributed by atoms with Crippen LogP contribution < -0.4 is 5.32 Å². The van der Waals surface area contributed by atoms with Gasteiger partial charge in [0.15, 0.2) is 0 Å². The molecule has 2 fully saturated rings. The maximum Gasteiger partial charge on any atom is 0.224 e. The molecule has 2 aliphatic heterocycles. The zero-order valence-electron chi connectivity index (χ0n) is 13.0. The Kier molecular flexibility index (Phi) is 4.93. The number of sulfonamides is 1. The van der Waals surface area contributed by atoms with E-state index in [0.29, 0.717) is 26.1 Å². The fourth-order valence-corrected chi connectivity index (χ4v) is 4.71. The molecule has 0 saturated carbocycles. The second-order valence-electron chi connectivity index (χ2n) is 5.91. The van der Waals surface area contributed by atoms with E-state index in [4.69, 9.17) is 0 Å². The highest BCUT2D eigenvalue weighted by Crippen LogP contribution is 2.22. The maximum atomic E-state index is 12.6. The van der Waals surface area contributed by atoms with E-state index in [-0.39, 0.29) is 30.7 Å². The van der Waals surface area contributed by atoms with Crippen molar-refractivity contribution < 1.29 is 13.2 Å². The Bertz CT molecular complexity index is 650. The van der Waals surface area contributed by atoms with Gasteiger partial charge < -0.3 is 10.2 Å². The van der Waals surface area contributed by atoms with Gasteiger partial charge in [-0.05, 0) is 18.1 Å². The van der Waals surface area contributed by atoms with Crippen LogP contribution in [0.15, 0.2) is 24.5 Å². The summed E-state index contributed by atoms with van der Waals surface area (Å²) in [5.74, 6) is 0.204. The van der Waals surface area contributed by atoms with E-state index in [1.807, 2.05) is 17.0 Å². The molecule has 2 aliphatic rings. The average Bonchev–Trinajstić information content (AvgIpc) is 2.92. The van der Waals surface area contributed by atoms with Crippen molar-refractivity contribution in [1.29, 1.82) is 0 Å². The van der Waals surface area contributed by atoms with Crippen molar-refractivity contribution in [2.75, 3.05) is 38.5 Å². The van der Waals surface area contributed by atoms with Crippen molar-refractivity contribution in [3.8, 4) is 0 Å². The van der Waals surface area contributed by atoms with Crippen LogP contribution in [0.2, 0.25) is 0 Å². The van der Waals surface area contributed by atoms with Crippen LogP contribution in [0.5, 0.6) is 0 Å². The largest absolute Gasteiger partial charge is 0.333 e. The van der Waals surface area contributed by atoms with Gasteiger partial charge in [-0.15, -0.1) is 0 Å². The summed E-state index contributed by atoms with van der Waals surface area (Å²) in [6.45, 7) is 2.89. The van der Waals surface area contributed by atoms with Crippen LogP contribution in [0.3, 0.4) is 0 Å². The van der Waals surface area contributed by atoms with Gasteiger partial charge in [-0.1, -0.05) is 6.07 Å². The number of hydrogen-bond donors (Lipinski definition) is 1. The molecule has 3 heterocycles. The summed E-state index contributed by atoms with van der Waals surface area (Å²) in [6.07, 6.45) is 4.38. The van der Waals surface area contributed by atoms with E-state index in [9.17, 15) is 13.2 Å². The molecule has 1 amide bonds. The van der Waals surface area contributed by atoms with Gasteiger partial charge in [0.1, 0.15) is 0 Å². The summed E-state index contributed by atoms with van der Waals surface area (Å²) in [7, 11) is -3.14. The van der Waals surface area contributed by atoms with Gasteiger partial charge in [-0.2, -0.15) is 0 Å². The average molecular weight is 338 g/mol. The van der Waals surface area contributed by atoms with Crippen molar-refractivity contribution in [1.82, 2.24) is 19.5 Å². The molecule has 1 aromatic heterocycles. The fourth-order valence-electron chi connectivity index (χ4n) is 3.18. The molecule has 7 nitrogen and oxygen atoms in total. The van der Waals surface area contributed by atoms with Gasteiger partial charge in [0.05, 0.1) is 11.8 Å². The third-order valence-electron chi connectivity index (χ3n) is 4.41. The highest BCUT2D eigenvalue weighted by molar-refractivity contribution is 7.89. The molecular weight excluding hydrogens is 316 g/mol. The molecule has 126 valence electrons. The lowest BCUT2D eigenvalue weighted by Gasteiger charge is -2.36. The molecule has 0 bridgehead atoms. The molecular formula is C15H22N4O3S. The van der Waals surface area contributed by atoms with Crippen molar-refractivity contribution in [3.05, 3.63) is 30.1 Å². The van der Waals surface area contributed by atoms with Crippen LogP contribution >= 0.6 is 0 Å². The molecule has 8 heteroatoms. The summed E-state index contributed by atoms with van der Waals surface area (Å²) >= 11 is 0. The summed E-state index contributed by atoms with van der Waals surface area (Å²) in [6, 6.07) is 3.79. The minimum absolute atomic E-state index is 0.00227. The van der Waals surface area contributed by atoms with E-state index in [1.54, 1.807) is 12.4 Å². The normalized spacial score (nSPS) is 24.7. The summed E-state index contributed by atoms with van der Waals surface area (Å²) in [5, 5.41) is 3.30. The Hall–Kier alpha value is -1.51. The Labute approximate surface area is 136 Å². The molecule has 1 unspecified atom stereocenters. The standard InChI is InChI=1S/C15H22N4O3S/c20-15(4-8-18-7-2-10-23(18,21)22)19-9-6-17-12-14(19)13-3-1-5-16-11-13/h1,3,5,11,14,17H,2,4,6-10,12H2. The first-order valence-electron chi connectivity index (χ1n) is 7.96. The van der Waals surface area contributed by atoms with Crippen LogP contribution in [-0.2, 0) is 14.8 Å². The SMILES string of the molecule is O=C(CCN1CCCS1(=O)=O)N1CCNCC1c1cccnc1. The van der Waals surface area contributed by atoms with Crippen LogP contribution in [0.25, 0.3) is 0 Å². The smallest absolute Gasteiger partial charge is 0.224 e. The first kappa shape index (κ1) is 16.4. The van der Waals surface area contributed by atoms with E-state index in [0.717, 1.165) is 12.1 Å². The molecule has 0 aromatic carbocycles. The van der Waals surface area contributed by atoms with Gasteiger partial charge in [0.25, 0.3) is 0 Å². The Balaban J connectivity index is 1.65. The molecule has 23 heavy (non-hydrogen) atoms. The minimum Gasteiger partial charge on any atom is -0.333 e. The molecule has 2 saturated heterocycles. The van der Waals surface area contributed by atoms with E-state index in [1.165, 1.54) is 4.31 Å². The lowest BCUT2D eigenvalue weighted by atomic mass is 10.0. The number of nitrogens with one attached hydrogen (secondary N) is 1. The van der Waals surface area contributed by atoms with Crippen LogP contribution in [0.4, 0.5) is 0 Å². The number of hydrogen-bond acceptors (Lipinski definition) is 5. The number of aromatic nitrogens is 1. The fraction of sp³-hybridized carbons (Fsp3) is 0.600. The second-order valence-corrected chi connectivity index (χ2v) is 8.00. The van der Waals surface area contributed by atoms with E-state index < -0.39 is 10.0 Å². The van der Waals surface area contributed by atoms with Crippen molar-refractivity contribution in [2.24, 2.45) is 0 Å². The number of rotatable bonds is 4. The van der Waals surface area contributed by atoms with Gasteiger partial charge in [0, 0.05) is 51.5 Å². The second kappa shape index (κ2) is 6.94. The van der Waals surface area contributed by atoms with Crippen molar-refractivity contribution >= 4 is 15.9 Å². The monoisotopic (exact) mass is 338 g/mol. The zero-order valence-corrected chi connectivity index (χ0v) is 13.8. The molecule has 0 spiro atoms. The quantitative estimate of drug-likeness (QED) is 0.834. The van der Waals surface area contributed by atoms with Gasteiger partial charge in [-0.25, -0.2) is 12.7 Å². The Morgan fingerprint density at radius 2 is 2.26 bits per heavy atom. The predicted molar refractivity (Wildman–Crippen MR) is 86.2 cm³/mol. The number of carbonyl (C=O) groups excluding carboxylic acids is 1. The van der Waals surface area contributed by atoms with Crippen LogP contribution in [-0.4, -0.2) is 67.0 Å². The maximum absolute atomic E-state index is 12.6. The first-order valence-corrected chi connectivity index (χ1v) is 9.57. The first-order chi connectivity index (χ1) is 11.1. The van der Waals surface area contributed by atoms with Crippen LogP contribution in [0, 0.1) is 0 Å². The lowest BCUT2D eigenvalue weighted by molar-refractivity contribution is -0.134. The van der Waals surface area contributed by atoms with E-state index >= 15 is 0 Å². The van der Waals surface area contributed by atoms with Gasteiger partial charge in [-0.3, -0.25) is 9.78 Å². The molecule has 0 aliphatic carbocycles. The summed E-state index contributed by atoms with van der Waals surface area (Å²) < 4.78 is 25.1. The minimum atomic E-state index is -3.14. The summed E-state index contributed by atoms with van der Waals surface area (Å²) in [4.78, 5) is 18.6. The Morgan fingerprint density at radius 1 is 1.39 bits per heavy atom. The molecule has 1 aromatic rings. The lowest BCUT2D eigenvalue weighted by Crippen LogP contribution is -2.49. The topological polar surface area (TPSA) is 82.6 Å². The highest BCUT2D eigenvalue weighted by atomic mass is 32.2. The third-order valence-corrected chi connectivity index (χ3v) is 6.37. The molecule has 1 atom stereocenters.